The Labute approximate surface area is 108 Å². The smallest absolute Gasteiger partial charge is 0.191 e. The highest BCUT2D eigenvalue weighted by atomic mass is 15.3. The molecule has 4 nitrogen and oxygen atoms in total. The van der Waals surface area contributed by atoms with Crippen LogP contribution in [0, 0.1) is 0 Å². The predicted octanol–water partition coefficient (Wildman–Crippen LogP) is 1.52. The second kappa shape index (κ2) is 4.59. The molecule has 4 heteroatoms. The Balaban J connectivity index is 1.72. The molecule has 2 fully saturated rings. The molecule has 0 bridgehead atoms. The van der Waals surface area contributed by atoms with Crippen LogP contribution in [0.1, 0.15) is 31.4 Å². The van der Waals surface area contributed by atoms with Gasteiger partial charge in [-0.15, -0.1) is 0 Å². The van der Waals surface area contributed by atoms with Gasteiger partial charge in [-0.05, 0) is 31.4 Å². The van der Waals surface area contributed by atoms with Gasteiger partial charge in [-0.1, -0.05) is 12.5 Å². The summed E-state index contributed by atoms with van der Waals surface area (Å²) in [6.45, 7) is 2.91. The van der Waals surface area contributed by atoms with E-state index < -0.39 is 0 Å². The number of likely N-dealkylation sites (tertiary alicyclic amines) is 1. The first kappa shape index (κ1) is 11.5. The van der Waals surface area contributed by atoms with Crippen LogP contribution in [0.25, 0.3) is 0 Å². The lowest BCUT2D eigenvalue weighted by Crippen LogP contribution is -2.47. The molecule has 1 saturated heterocycles. The highest BCUT2D eigenvalue weighted by molar-refractivity contribution is 5.78. The van der Waals surface area contributed by atoms with Crippen LogP contribution in [0.5, 0.6) is 0 Å². The number of aromatic nitrogens is 1. The maximum absolute atomic E-state index is 6.00. The van der Waals surface area contributed by atoms with Gasteiger partial charge in [-0.3, -0.25) is 9.98 Å². The van der Waals surface area contributed by atoms with E-state index in [4.69, 9.17) is 5.73 Å². The summed E-state index contributed by atoms with van der Waals surface area (Å²) in [7, 11) is 0. The van der Waals surface area contributed by atoms with E-state index in [2.05, 4.69) is 27.0 Å². The van der Waals surface area contributed by atoms with Crippen molar-refractivity contribution in [1.82, 2.24) is 9.88 Å². The molecule has 0 spiro atoms. The lowest BCUT2D eigenvalue weighted by molar-refractivity contribution is 0.242. The number of hydrogen-bond acceptors (Lipinski definition) is 2. The van der Waals surface area contributed by atoms with Crippen molar-refractivity contribution < 1.29 is 0 Å². The average Bonchev–Trinajstić information content (AvgIpc) is 2.26. The highest BCUT2D eigenvalue weighted by Crippen LogP contribution is 2.43. The fourth-order valence-electron chi connectivity index (χ4n) is 2.65. The fraction of sp³-hybridized carbons (Fsp3) is 0.571. The van der Waals surface area contributed by atoms with Crippen molar-refractivity contribution in [3.05, 3.63) is 30.1 Å². The topological polar surface area (TPSA) is 54.5 Å². The van der Waals surface area contributed by atoms with Crippen LogP contribution in [0.2, 0.25) is 0 Å². The minimum atomic E-state index is 0.150. The van der Waals surface area contributed by atoms with Gasteiger partial charge in [-0.2, -0.15) is 0 Å². The van der Waals surface area contributed by atoms with E-state index in [-0.39, 0.29) is 5.41 Å². The first-order valence-corrected chi connectivity index (χ1v) is 6.77. The summed E-state index contributed by atoms with van der Waals surface area (Å²) < 4.78 is 0. The molecule has 1 aliphatic carbocycles. The second-order valence-electron chi connectivity index (χ2n) is 5.36. The number of hydrogen-bond donors (Lipinski definition) is 1. The first-order valence-electron chi connectivity index (χ1n) is 6.77. The zero-order chi connectivity index (χ0) is 12.4. The lowest BCUT2D eigenvalue weighted by Gasteiger charge is -2.40. The normalized spacial score (nSPS) is 22.2. The molecule has 96 valence electrons. The SMILES string of the molecule is NC(=NCC1(c2ccccn2)CCC1)N1CCC1. The van der Waals surface area contributed by atoms with Gasteiger partial charge in [0.15, 0.2) is 5.96 Å². The van der Waals surface area contributed by atoms with E-state index >= 15 is 0 Å². The molecule has 1 aromatic rings. The number of rotatable bonds is 3. The molecular weight excluding hydrogens is 224 g/mol. The molecule has 18 heavy (non-hydrogen) atoms. The summed E-state index contributed by atoms with van der Waals surface area (Å²) in [5.41, 5.74) is 7.33. The molecule has 0 aromatic carbocycles. The van der Waals surface area contributed by atoms with E-state index in [1.54, 1.807) is 0 Å². The zero-order valence-corrected chi connectivity index (χ0v) is 10.7. The van der Waals surface area contributed by atoms with E-state index in [0.29, 0.717) is 5.96 Å². The van der Waals surface area contributed by atoms with Crippen LogP contribution < -0.4 is 5.73 Å². The molecule has 3 rings (SSSR count). The standard InChI is InChI=1S/C14H20N4/c15-13(18-9-4-10-18)17-11-14(6-3-7-14)12-5-1-2-8-16-12/h1-2,5,8H,3-4,6-7,9-11H2,(H2,15,17). The maximum Gasteiger partial charge on any atom is 0.191 e. The summed E-state index contributed by atoms with van der Waals surface area (Å²) in [5.74, 6) is 0.712. The Morgan fingerprint density at radius 3 is 2.67 bits per heavy atom. The summed E-state index contributed by atoms with van der Waals surface area (Å²) in [6.07, 6.45) is 6.75. The molecule has 0 radical (unpaired) electrons. The zero-order valence-electron chi connectivity index (χ0n) is 10.7. The highest BCUT2D eigenvalue weighted by Gasteiger charge is 2.39. The Morgan fingerprint density at radius 2 is 2.17 bits per heavy atom. The molecule has 0 unspecified atom stereocenters. The molecule has 0 atom stereocenters. The molecule has 2 aliphatic rings. The third-order valence-electron chi connectivity index (χ3n) is 4.24. The molecule has 0 amide bonds. The van der Waals surface area contributed by atoms with Gasteiger partial charge in [-0.25, -0.2) is 0 Å². The summed E-state index contributed by atoms with van der Waals surface area (Å²) in [5, 5.41) is 0. The number of guanidine groups is 1. The van der Waals surface area contributed by atoms with Crippen LogP contribution in [0.3, 0.4) is 0 Å². The fourth-order valence-corrected chi connectivity index (χ4v) is 2.65. The van der Waals surface area contributed by atoms with Crippen LogP contribution in [-0.4, -0.2) is 35.5 Å². The van der Waals surface area contributed by atoms with Crippen molar-refractivity contribution in [2.45, 2.75) is 31.1 Å². The van der Waals surface area contributed by atoms with E-state index in [9.17, 15) is 0 Å². The summed E-state index contributed by atoms with van der Waals surface area (Å²) >= 11 is 0. The van der Waals surface area contributed by atoms with Gasteiger partial charge in [0.2, 0.25) is 0 Å². The Kier molecular flexibility index (Phi) is 2.94. The monoisotopic (exact) mass is 244 g/mol. The van der Waals surface area contributed by atoms with Gasteiger partial charge in [0.05, 0.1) is 6.54 Å². The van der Waals surface area contributed by atoms with Crippen molar-refractivity contribution in [1.29, 1.82) is 0 Å². The minimum absolute atomic E-state index is 0.150. The summed E-state index contributed by atoms with van der Waals surface area (Å²) in [4.78, 5) is 11.2. The number of nitrogens with two attached hydrogens (primary N) is 1. The van der Waals surface area contributed by atoms with Crippen molar-refractivity contribution in [2.24, 2.45) is 10.7 Å². The second-order valence-corrected chi connectivity index (χ2v) is 5.36. The number of nitrogens with zero attached hydrogens (tertiary/aromatic N) is 3. The largest absolute Gasteiger partial charge is 0.370 e. The molecule has 2 heterocycles. The lowest BCUT2D eigenvalue weighted by atomic mass is 9.66. The Morgan fingerprint density at radius 1 is 1.33 bits per heavy atom. The number of aliphatic imine (C=N–C) groups is 1. The van der Waals surface area contributed by atoms with Crippen molar-refractivity contribution >= 4 is 5.96 Å². The molecule has 1 saturated carbocycles. The van der Waals surface area contributed by atoms with Crippen LogP contribution in [0.4, 0.5) is 0 Å². The van der Waals surface area contributed by atoms with E-state index in [0.717, 1.165) is 19.6 Å². The van der Waals surface area contributed by atoms with Gasteiger partial charge in [0, 0.05) is 30.4 Å². The Hall–Kier alpha value is -1.58. The molecular formula is C14H20N4. The predicted molar refractivity (Wildman–Crippen MR) is 72.4 cm³/mol. The summed E-state index contributed by atoms with van der Waals surface area (Å²) in [6, 6.07) is 6.15. The van der Waals surface area contributed by atoms with Crippen molar-refractivity contribution in [2.75, 3.05) is 19.6 Å². The van der Waals surface area contributed by atoms with Gasteiger partial charge in [0.25, 0.3) is 0 Å². The number of pyridine rings is 1. The maximum atomic E-state index is 6.00. The van der Waals surface area contributed by atoms with E-state index in [1.165, 1.54) is 31.4 Å². The quantitative estimate of drug-likeness (QED) is 0.648. The first-order chi connectivity index (χ1) is 8.80. The van der Waals surface area contributed by atoms with Gasteiger partial charge < -0.3 is 10.6 Å². The third-order valence-corrected chi connectivity index (χ3v) is 4.24. The van der Waals surface area contributed by atoms with E-state index in [1.807, 2.05) is 12.3 Å². The van der Waals surface area contributed by atoms with Crippen LogP contribution in [-0.2, 0) is 5.41 Å². The van der Waals surface area contributed by atoms with Crippen molar-refractivity contribution in [3.63, 3.8) is 0 Å². The van der Waals surface area contributed by atoms with Gasteiger partial charge >= 0.3 is 0 Å². The third kappa shape index (κ3) is 1.96. The van der Waals surface area contributed by atoms with Crippen molar-refractivity contribution in [3.8, 4) is 0 Å². The molecule has 1 aliphatic heterocycles. The minimum Gasteiger partial charge on any atom is -0.370 e. The molecule has 1 aromatic heterocycles. The van der Waals surface area contributed by atoms with Gasteiger partial charge in [0.1, 0.15) is 0 Å². The van der Waals surface area contributed by atoms with Crippen LogP contribution >= 0.6 is 0 Å². The molecule has 2 N–H and O–H groups in total. The van der Waals surface area contributed by atoms with Crippen LogP contribution in [0.15, 0.2) is 29.4 Å². The average molecular weight is 244 g/mol. The Bertz CT molecular complexity index is 432.